The maximum Gasteiger partial charge on any atom is 0.313 e. The first-order valence-corrected chi connectivity index (χ1v) is 16.2. The second kappa shape index (κ2) is 16.0. The molecule has 0 bridgehead atoms. The largest absolute Gasteiger partial charge is 0.496 e. The van der Waals surface area contributed by atoms with Crippen molar-refractivity contribution < 1.29 is 33.4 Å². The van der Waals surface area contributed by atoms with Gasteiger partial charge in [0.2, 0.25) is 0 Å². The van der Waals surface area contributed by atoms with E-state index in [0.29, 0.717) is 37.3 Å². The molecule has 0 N–H and O–H groups in total. The van der Waals surface area contributed by atoms with Crippen LogP contribution in [0.5, 0.6) is 17.2 Å². The Morgan fingerprint density at radius 1 is 0.717 bits per heavy atom. The lowest BCUT2D eigenvalue weighted by Crippen LogP contribution is -2.26. The highest BCUT2D eigenvalue weighted by Gasteiger charge is 2.31. The summed E-state index contributed by atoms with van der Waals surface area (Å²) in [6, 6.07) is 25.3. The molecule has 0 amide bonds. The zero-order valence-electron chi connectivity index (χ0n) is 26.0. The average molecular weight is 750 g/mol. The second-order valence-corrected chi connectivity index (χ2v) is 12.7. The number of hydrogen-bond donors (Lipinski definition) is 0. The van der Waals surface area contributed by atoms with Crippen molar-refractivity contribution in [3.05, 3.63) is 122 Å². The molecule has 7 nitrogen and oxygen atoms in total. The van der Waals surface area contributed by atoms with Gasteiger partial charge in [-0.1, -0.05) is 74.5 Å². The number of carbonyl (C=O) groups is 4. The minimum Gasteiger partial charge on any atom is -0.496 e. The third-order valence-electron chi connectivity index (χ3n) is 7.44. The lowest BCUT2D eigenvalue weighted by atomic mass is 9.86. The van der Waals surface area contributed by atoms with Gasteiger partial charge in [0.15, 0.2) is 23.1 Å². The fourth-order valence-corrected chi connectivity index (χ4v) is 6.49. The van der Waals surface area contributed by atoms with Gasteiger partial charge in [0.1, 0.15) is 23.8 Å². The Labute approximate surface area is 285 Å². The predicted octanol–water partition coefficient (Wildman–Crippen LogP) is 8.59. The van der Waals surface area contributed by atoms with E-state index in [2.05, 4.69) is 31.9 Å². The van der Waals surface area contributed by atoms with Gasteiger partial charge in [-0.05, 0) is 78.7 Å². The first kappa shape index (κ1) is 34.8. The van der Waals surface area contributed by atoms with Gasteiger partial charge in [-0.15, -0.1) is 0 Å². The van der Waals surface area contributed by atoms with E-state index in [1.165, 1.54) is 7.11 Å². The molecule has 4 aromatic carbocycles. The van der Waals surface area contributed by atoms with Gasteiger partial charge in [-0.2, -0.15) is 0 Å². The zero-order chi connectivity index (χ0) is 33.4. The topological polar surface area (TPSA) is 96.0 Å². The summed E-state index contributed by atoms with van der Waals surface area (Å²) in [5.41, 5.74) is 3.18. The Balaban J connectivity index is 1.75. The normalized spacial score (nSPS) is 11.5. The SMILES string of the molecule is COC(=O)CC(=O)C(C(=O)Cc1ccccc1)c1cc(Br)c(Oc2cc(C(C)C)c(OC)cc2C(=O)Cc2ccccc2)c(Br)c1. The maximum absolute atomic E-state index is 13.6. The van der Waals surface area contributed by atoms with E-state index in [-0.39, 0.29) is 30.3 Å². The quantitative estimate of drug-likeness (QED) is 0.0724. The van der Waals surface area contributed by atoms with Gasteiger partial charge >= 0.3 is 5.97 Å². The third kappa shape index (κ3) is 8.59. The van der Waals surface area contributed by atoms with Crippen molar-refractivity contribution in [2.45, 2.75) is 44.9 Å². The summed E-state index contributed by atoms with van der Waals surface area (Å²) in [4.78, 5) is 52.6. The maximum atomic E-state index is 13.6. The molecule has 1 atom stereocenters. The van der Waals surface area contributed by atoms with Gasteiger partial charge in [0.25, 0.3) is 0 Å². The number of ketones is 3. The molecule has 0 spiro atoms. The number of Topliss-reactive ketones (excluding diaryl/α,β-unsaturated/α-hetero) is 3. The highest BCUT2D eigenvalue weighted by molar-refractivity contribution is 9.11. The summed E-state index contributed by atoms with van der Waals surface area (Å²) in [6.45, 7) is 4.04. The standard InChI is InChI=1S/C37H34Br2O7/c1-22(2)26-19-34(27(20-33(26)44-3)30(40)15-23-11-7-5-8-12-23)46-37-28(38)17-25(18-29(37)39)36(32(42)21-35(43)45-4)31(41)16-24-13-9-6-10-14-24/h5-14,17-20,22,36H,15-16,21H2,1-4H3. The molecule has 0 fully saturated rings. The second-order valence-electron chi connectivity index (χ2n) is 11.0. The van der Waals surface area contributed by atoms with Crippen LogP contribution in [0.15, 0.2) is 93.9 Å². The highest BCUT2D eigenvalue weighted by atomic mass is 79.9. The minimum absolute atomic E-state index is 0.00260. The Kier molecular flexibility index (Phi) is 12.1. The van der Waals surface area contributed by atoms with Gasteiger partial charge in [0.05, 0.1) is 28.7 Å². The molecule has 0 aliphatic rings. The molecule has 4 aromatic rings. The molecule has 0 aliphatic heterocycles. The van der Waals surface area contributed by atoms with Crippen molar-refractivity contribution in [3.8, 4) is 17.2 Å². The van der Waals surface area contributed by atoms with Crippen LogP contribution < -0.4 is 9.47 Å². The Bertz CT molecular complexity index is 1710. The Morgan fingerprint density at radius 3 is 1.80 bits per heavy atom. The van der Waals surface area contributed by atoms with Crippen LogP contribution in [0, 0.1) is 0 Å². The predicted molar refractivity (Wildman–Crippen MR) is 183 cm³/mol. The van der Waals surface area contributed by atoms with Crippen LogP contribution in [-0.2, 0) is 32.0 Å². The summed E-state index contributed by atoms with van der Waals surface area (Å²) < 4.78 is 17.7. The van der Waals surface area contributed by atoms with Crippen LogP contribution >= 0.6 is 31.9 Å². The minimum atomic E-state index is -1.22. The van der Waals surface area contributed by atoms with Crippen LogP contribution in [0.3, 0.4) is 0 Å². The van der Waals surface area contributed by atoms with Gasteiger partial charge in [0, 0.05) is 18.4 Å². The third-order valence-corrected chi connectivity index (χ3v) is 8.62. The van der Waals surface area contributed by atoms with E-state index >= 15 is 0 Å². The molecule has 1 unspecified atom stereocenters. The zero-order valence-corrected chi connectivity index (χ0v) is 29.1. The number of hydrogen-bond acceptors (Lipinski definition) is 7. The van der Waals surface area contributed by atoms with E-state index < -0.39 is 24.1 Å². The Hall–Kier alpha value is -4.08. The number of rotatable bonds is 14. The van der Waals surface area contributed by atoms with Crippen LogP contribution in [0.25, 0.3) is 0 Å². The first-order valence-electron chi connectivity index (χ1n) is 14.6. The summed E-state index contributed by atoms with van der Waals surface area (Å²) in [5.74, 6) is -1.72. The van der Waals surface area contributed by atoms with E-state index in [0.717, 1.165) is 16.7 Å². The highest BCUT2D eigenvalue weighted by Crippen LogP contribution is 2.43. The lowest BCUT2D eigenvalue weighted by Gasteiger charge is -2.20. The molecule has 238 valence electrons. The van der Waals surface area contributed by atoms with Crippen LogP contribution in [-0.4, -0.2) is 37.5 Å². The molecule has 0 heterocycles. The Morgan fingerprint density at radius 2 is 1.28 bits per heavy atom. The van der Waals surface area contributed by atoms with E-state index in [4.69, 9.17) is 14.2 Å². The number of methoxy groups -OCH3 is 2. The summed E-state index contributed by atoms with van der Waals surface area (Å²) in [6.07, 6.45) is -0.384. The van der Waals surface area contributed by atoms with E-state index in [9.17, 15) is 19.2 Å². The average Bonchev–Trinajstić information content (AvgIpc) is 3.03. The first-order chi connectivity index (χ1) is 22.0. The molecule has 9 heteroatoms. The molecular formula is C37H34Br2O7. The monoisotopic (exact) mass is 748 g/mol. The lowest BCUT2D eigenvalue weighted by molar-refractivity contribution is -0.144. The van der Waals surface area contributed by atoms with Crippen molar-refractivity contribution in [2.24, 2.45) is 0 Å². The summed E-state index contributed by atoms with van der Waals surface area (Å²) in [7, 11) is 2.76. The molecule has 46 heavy (non-hydrogen) atoms. The van der Waals surface area contributed by atoms with Crippen molar-refractivity contribution in [2.75, 3.05) is 14.2 Å². The van der Waals surface area contributed by atoms with Crippen molar-refractivity contribution >= 4 is 55.2 Å². The van der Waals surface area contributed by atoms with Crippen molar-refractivity contribution in [3.63, 3.8) is 0 Å². The number of esters is 1. The molecule has 4 rings (SSSR count). The molecular weight excluding hydrogens is 716 g/mol. The number of carbonyl (C=O) groups excluding carboxylic acids is 4. The fourth-order valence-electron chi connectivity index (χ4n) is 5.10. The molecule has 0 aliphatic carbocycles. The molecule has 0 saturated carbocycles. The van der Waals surface area contributed by atoms with Crippen LogP contribution in [0.2, 0.25) is 0 Å². The molecule has 0 radical (unpaired) electrons. The summed E-state index contributed by atoms with van der Waals surface area (Å²) in [5, 5.41) is 0. The smallest absolute Gasteiger partial charge is 0.313 e. The van der Waals surface area contributed by atoms with Crippen LogP contribution in [0.1, 0.15) is 64.7 Å². The number of ether oxygens (including phenoxy) is 3. The summed E-state index contributed by atoms with van der Waals surface area (Å²) >= 11 is 7.13. The van der Waals surface area contributed by atoms with Gasteiger partial charge < -0.3 is 14.2 Å². The van der Waals surface area contributed by atoms with Crippen molar-refractivity contribution in [1.82, 2.24) is 0 Å². The van der Waals surface area contributed by atoms with Crippen molar-refractivity contribution in [1.29, 1.82) is 0 Å². The van der Waals surface area contributed by atoms with E-state index in [1.54, 1.807) is 43.5 Å². The molecule has 0 aromatic heterocycles. The number of halogens is 2. The fraction of sp³-hybridized carbons (Fsp3) is 0.243. The number of benzene rings is 4. The molecule has 0 saturated heterocycles. The van der Waals surface area contributed by atoms with Crippen LogP contribution in [0.4, 0.5) is 0 Å². The van der Waals surface area contributed by atoms with Gasteiger partial charge in [-0.25, -0.2) is 0 Å². The van der Waals surface area contributed by atoms with Gasteiger partial charge in [-0.3, -0.25) is 19.2 Å². The van der Waals surface area contributed by atoms with E-state index in [1.807, 2.05) is 62.4 Å².